The largest absolute Gasteiger partial charge is 0.481 e. The van der Waals surface area contributed by atoms with Crippen LogP contribution in [0.15, 0.2) is 0 Å². The molecule has 63 valence electrons. The van der Waals surface area contributed by atoms with Crippen molar-refractivity contribution in [3.63, 3.8) is 0 Å². The van der Waals surface area contributed by atoms with Crippen LogP contribution in [0.4, 0.5) is 0 Å². The maximum Gasteiger partial charge on any atom is 0.306 e. The van der Waals surface area contributed by atoms with Crippen molar-refractivity contribution in [1.29, 1.82) is 0 Å². The molecule has 0 aliphatic heterocycles. The third-order valence-corrected chi connectivity index (χ3v) is 1.75. The fraction of sp³-hybridized carbons (Fsp3) is 0.875. The molecule has 1 radical (unpaired) electrons. The van der Waals surface area contributed by atoms with Gasteiger partial charge in [-0.25, -0.2) is 0 Å². The number of carbonyl (C=O) groups is 1. The van der Waals surface area contributed by atoms with Gasteiger partial charge in [0.15, 0.2) is 0 Å². The Morgan fingerprint density at radius 2 is 2.00 bits per heavy atom. The monoisotopic (exact) mass is 285 g/mol. The molecule has 0 amide bonds. The molecule has 0 heterocycles. The van der Waals surface area contributed by atoms with Crippen LogP contribution in [0.5, 0.6) is 0 Å². The number of hydrogen-bond acceptors (Lipinski definition) is 1. The average molecular weight is 285 g/mol. The van der Waals surface area contributed by atoms with Gasteiger partial charge in [0.05, 0.1) is 5.92 Å². The number of carboxylic acids is 1. The number of hydrogen-bond donors (Lipinski definition) is 1. The predicted octanol–water partition coefficient (Wildman–Crippen LogP) is 2.29. The van der Waals surface area contributed by atoms with Crippen molar-refractivity contribution in [2.24, 2.45) is 5.92 Å². The first-order valence-corrected chi connectivity index (χ1v) is 3.95. The summed E-state index contributed by atoms with van der Waals surface area (Å²) >= 11 is 0. The fourth-order valence-corrected chi connectivity index (χ4v) is 0.953. The minimum Gasteiger partial charge on any atom is -0.481 e. The molecule has 1 N–H and O–H groups in total. The molecule has 11 heavy (non-hydrogen) atoms. The summed E-state index contributed by atoms with van der Waals surface area (Å²) in [6, 6.07) is 0. The standard InChI is InChI=1S/C8H16O2.Pr/c1-3-5-6-7(4-2)8(9)10;/h7H,3-6H2,1-2H3,(H,9,10);. The van der Waals surface area contributed by atoms with E-state index in [0.717, 1.165) is 25.7 Å². The summed E-state index contributed by atoms with van der Waals surface area (Å²) in [5.74, 6) is -0.754. The zero-order valence-electron chi connectivity index (χ0n) is 7.34. The molecule has 0 aromatic heterocycles. The molecule has 0 aromatic rings. The van der Waals surface area contributed by atoms with Crippen molar-refractivity contribution >= 4 is 5.97 Å². The van der Waals surface area contributed by atoms with E-state index >= 15 is 0 Å². The second-order valence-electron chi connectivity index (χ2n) is 2.59. The molecule has 0 aliphatic rings. The molecule has 0 spiro atoms. The second-order valence-corrected chi connectivity index (χ2v) is 2.59. The summed E-state index contributed by atoms with van der Waals surface area (Å²) in [6.07, 6.45) is 3.71. The quantitative estimate of drug-likeness (QED) is 0.841. The Labute approximate surface area is 102 Å². The van der Waals surface area contributed by atoms with E-state index in [1.54, 1.807) is 0 Å². The third kappa shape index (κ3) is 7.20. The van der Waals surface area contributed by atoms with Gasteiger partial charge in [0.25, 0.3) is 0 Å². The van der Waals surface area contributed by atoms with E-state index in [2.05, 4.69) is 6.92 Å². The first kappa shape index (κ1) is 14.4. The van der Waals surface area contributed by atoms with E-state index in [1.165, 1.54) is 0 Å². The molecule has 2 nitrogen and oxygen atoms in total. The zero-order chi connectivity index (χ0) is 7.98. The van der Waals surface area contributed by atoms with E-state index < -0.39 is 5.97 Å². The van der Waals surface area contributed by atoms with Gasteiger partial charge in [-0.2, -0.15) is 0 Å². The van der Waals surface area contributed by atoms with Crippen molar-refractivity contribution in [2.45, 2.75) is 39.5 Å². The smallest absolute Gasteiger partial charge is 0.306 e. The van der Waals surface area contributed by atoms with Crippen LogP contribution >= 0.6 is 0 Å². The van der Waals surface area contributed by atoms with Gasteiger partial charge in [-0.05, 0) is 12.8 Å². The molecular formula is C8H16O2Pr. The van der Waals surface area contributed by atoms with Crippen LogP contribution in [0.2, 0.25) is 0 Å². The third-order valence-electron chi connectivity index (χ3n) is 1.75. The van der Waals surface area contributed by atoms with Crippen molar-refractivity contribution in [3.8, 4) is 0 Å². The number of aliphatic carboxylic acids is 1. The minimum atomic E-state index is -0.643. The van der Waals surface area contributed by atoms with Gasteiger partial charge in [0, 0.05) is 41.3 Å². The van der Waals surface area contributed by atoms with E-state index in [4.69, 9.17) is 5.11 Å². The molecule has 0 fully saturated rings. The van der Waals surface area contributed by atoms with Crippen molar-refractivity contribution in [3.05, 3.63) is 0 Å². The van der Waals surface area contributed by atoms with Gasteiger partial charge in [-0.1, -0.05) is 26.7 Å². The molecule has 1 atom stereocenters. The first-order valence-electron chi connectivity index (χ1n) is 3.95. The number of unbranched alkanes of at least 4 members (excludes halogenated alkanes) is 1. The molecular weight excluding hydrogens is 269 g/mol. The summed E-state index contributed by atoms with van der Waals surface area (Å²) < 4.78 is 0. The number of carboxylic acid groups (broad SMARTS) is 1. The zero-order valence-corrected chi connectivity index (χ0v) is 11.0. The van der Waals surface area contributed by atoms with Gasteiger partial charge in [0.1, 0.15) is 0 Å². The Morgan fingerprint density at radius 1 is 1.45 bits per heavy atom. The van der Waals surface area contributed by atoms with Crippen molar-refractivity contribution in [1.82, 2.24) is 0 Å². The SMILES string of the molecule is CCCCC(CC)C(=O)O.[Pr]. The Morgan fingerprint density at radius 3 is 2.27 bits per heavy atom. The van der Waals surface area contributed by atoms with Gasteiger partial charge in [-0.15, -0.1) is 0 Å². The Kier molecular flexibility index (Phi) is 11.7. The van der Waals surface area contributed by atoms with Gasteiger partial charge < -0.3 is 5.11 Å². The van der Waals surface area contributed by atoms with E-state index in [-0.39, 0.29) is 47.2 Å². The van der Waals surface area contributed by atoms with E-state index in [9.17, 15) is 4.79 Å². The van der Waals surface area contributed by atoms with Gasteiger partial charge in [0.2, 0.25) is 0 Å². The Bertz CT molecular complexity index is 104. The summed E-state index contributed by atoms with van der Waals surface area (Å²) in [4.78, 5) is 10.4. The number of rotatable bonds is 5. The van der Waals surface area contributed by atoms with Crippen LogP contribution in [0.3, 0.4) is 0 Å². The Hall–Kier alpha value is 0.834. The molecule has 3 heteroatoms. The topological polar surface area (TPSA) is 37.3 Å². The van der Waals surface area contributed by atoms with Crippen molar-refractivity contribution < 1.29 is 51.2 Å². The van der Waals surface area contributed by atoms with Gasteiger partial charge >= 0.3 is 5.97 Å². The molecule has 0 bridgehead atoms. The fourth-order valence-electron chi connectivity index (χ4n) is 0.953. The summed E-state index contributed by atoms with van der Waals surface area (Å²) in [5.41, 5.74) is 0. The molecule has 0 rings (SSSR count). The molecule has 0 aliphatic carbocycles. The normalized spacial score (nSPS) is 11.8. The van der Waals surface area contributed by atoms with Crippen molar-refractivity contribution in [2.75, 3.05) is 0 Å². The first-order chi connectivity index (χ1) is 4.72. The predicted molar refractivity (Wildman–Crippen MR) is 40.9 cm³/mol. The van der Waals surface area contributed by atoms with E-state index in [0.29, 0.717) is 0 Å². The molecule has 1 unspecified atom stereocenters. The van der Waals surface area contributed by atoms with Crippen LogP contribution < -0.4 is 0 Å². The molecule has 0 saturated heterocycles. The average Bonchev–Trinajstić information content (AvgIpc) is 1.89. The summed E-state index contributed by atoms with van der Waals surface area (Å²) in [5, 5.41) is 8.60. The van der Waals surface area contributed by atoms with Crippen LogP contribution in [-0.4, -0.2) is 11.1 Å². The Balaban J connectivity index is 0. The van der Waals surface area contributed by atoms with E-state index in [1.807, 2.05) is 6.92 Å². The molecule has 0 aromatic carbocycles. The van der Waals surface area contributed by atoms with Crippen LogP contribution in [-0.2, 0) is 4.79 Å². The second kappa shape index (κ2) is 8.93. The molecule has 0 saturated carbocycles. The van der Waals surface area contributed by atoms with Crippen LogP contribution in [0.25, 0.3) is 0 Å². The minimum absolute atomic E-state index is 0. The summed E-state index contributed by atoms with van der Waals surface area (Å²) in [6.45, 7) is 4.00. The van der Waals surface area contributed by atoms with Crippen LogP contribution in [0, 0.1) is 47.2 Å². The van der Waals surface area contributed by atoms with Gasteiger partial charge in [-0.3, -0.25) is 4.79 Å². The maximum absolute atomic E-state index is 10.4. The van der Waals surface area contributed by atoms with Crippen LogP contribution in [0.1, 0.15) is 39.5 Å². The summed E-state index contributed by atoms with van der Waals surface area (Å²) in [7, 11) is 0. The maximum atomic E-state index is 10.4.